The lowest BCUT2D eigenvalue weighted by molar-refractivity contribution is -0.386. The number of hydrogen-bond acceptors (Lipinski definition) is 5. The highest BCUT2D eigenvalue weighted by Crippen LogP contribution is 2.32. The van der Waals surface area contributed by atoms with Gasteiger partial charge in [-0.3, -0.25) is 10.1 Å². The van der Waals surface area contributed by atoms with Crippen molar-refractivity contribution in [3.8, 4) is 5.75 Å². The van der Waals surface area contributed by atoms with Crippen LogP contribution in [0.5, 0.6) is 5.75 Å². The van der Waals surface area contributed by atoms with Crippen LogP contribution in [0, 0.1) is 10.1 Å². The number of benzene rings is 1. The van der Waals surface area contributed by atoms with E-state index in [4.69, 9.17) is 9.84 Å². The van der Waals surface area contributed by atoms with Gasteiger partial charge in [0.1, 0.15) is 6.10 Å². The number of aliphatic hydroxyl groups excluding tert-OH is 1. The highest BCUT2D eigenvalue weighted by atomic mass is 16.6. The van der Waals surface area contributed by atoms with E-state index < -0.39 is 23.1 Å². The maximum Gasteiger partial charge on any atom is 0.335 e. The summed E-state index contributed by atoms with van der Waals surface area (Å²) >= 11 is 0. The molecule has 2 rings (SSSR count). The lowest BCUT2D eigenvalue weighted by Crippen LogP contribution is -2.34. The number of hydrogen-bond donors (Lipinski definition) is 2. The fourth-order valence-corrected chi connectivity index (χ4v) is 2.27. The molecule has 0 bridgehead atoms. The number of nitrogens with zero attached hydrogens (tertiary/aromatic N) is 1. The van der Waals surface area contributed by atoms with Gasteiger partial charge in [-0.15, -0.1) is 0 Å². The molecule has 2 N–H and O–H groups in total. The Morgan fingerprint density at radius 2 is 2.05 bits per heavy atom. The summed E-state index contributed by atoms with van der Waals surface area (Å²) in [6, 6.07) is 3.39. The topological polar surface area (TPSA) is 110 Å². The molecule has 1 saturated carbocycles. The third-order valence-corrected chi connectivity index (χ3v) is 3.35. The average Bonchev–Trinajstić information content (AvgIpc) is 2.41. The Kier molecular flexibility index (Phi) is 4.19. The lowest BCUT2D eigenvalue weighted by atomic mass is 9.95. The van der Waals surface area contributed by atoms with E-state index in [1.807, 2.05) is 0 Å². The van der Waals surface area contributed by atoms with Crippen LogP contribution in [-0.2, 0) is 0 Å². The largest absolute Gasteiger partial charge is 0.481 e. The van der Waals surface area contributed by atoms with Gasteiger partial charge in [-0.1, -0.05) is 6.42 Å². The van der Waals surface area contributed by atoms with Crippen LogP contribution in [0.3, 0.4) is 0 Å². The summed E-state index contributed by atoms with van der Waals surface area (Å²) in [6.45, 7) is 0. The van der Waals surface area contributed by atoms with Crippen LogP contribution in [0.1, 0.15) is 36.0 Å². The first-order valence-electron chi connectivity index (χ1n) is 6.35. The van der Waals surface area contributed by atoms with Crippen molar-refractivity contribution in [1.29, 1.82) is 0 Å². The van der Waals surface area contributed by atoms with E-state index in [1.54, 1.807) is 0 Å². The van der Waals surface area contributed by atoms with E-state index in [0.717, 1.165) is 31.0 Å². The second kappa shape index (κ2) is 5.87. The van der Waals surface area contributed by atoms with Crippen molar-refractivity contribution in [2.24, 2.45) is 0 Å². The van der Waals surface area contributed by atoms with Crippen LogP contribution in [0.15, 0.2) is 18.2 Å². The first-order valence-corrected chi connectivity index (χ1v) is 6.35. The normalized spacial score (nSPS) is 22.2. The summed E-state index contributed by atoms with van der Waals surface area (Å²) in [5.74, 6) is -1.30. The van der Waals surface area contributed by atoms with Crippen molar-refractivity contribution in [1.82, 2.24) is 0 Å². The summed E-state index contributed by atoms with van der Waals surface area (Å²) in [4.78, 5) is 21.2. The number of aliphatic hydroxyl groups is 1. The fourth-order valence-electron chi connectivity index (χ4n) is 2.27. The van der Waals surface area contributed by atoms with Gasteiger partial charge in [0.15, 0.2) is 5.75 Å². The van der Waals surface area contributed by atoms with Crippen molar-refractivity contribution in [3.05, 3.63) is 33.9 Å². The van der Waals surface area contributed by atoms with Gasteiger partial charge in [-0.05, 0) is 25.3 Å². The zero-order valence-corrected chi connectivity index (χ0v) is 10.7. The molecule has 1 aliphatic rings. The summed E-state index contributed by atoms with van der Waals surface area (Å²) in [6.07, 6.45) is 1.71. The molecule has 20 heavy (non-hydrogen) atoms. The van der Waals surface area contributed by atoms with Crippen LogP contribution in [0.25, 0.3) is 0 Å². The van der Waals surface area contributed by atoms with Gasteiger partial charge in [-0.25, -0.2) is 4.79 Å². The van der Waals surface area contributed by atoms with Crippen LogP contribution in [0.2, 0.25) is 0 Å². The highest BCUT2D eigenvalue weighted by molar-refractivity contribution is 5.88. The molecule has 2 atom stereocenters. The van der Waals surface area contributed by atoms with E-state index in [0.29, 0.717) is 12.8 Å². The van der Waals surface area contributed by atoms with Gasteiger partial charge >= 0.3 is 11.7 Å². The number of nitro groups is 1. The molecule has 7 nitrogen and oxygen atoms in total. The van der Waals surface area contributed by atoms with E-state index in [9.17, 15) is 20.0 Å². The fraction of sp³-hybridized carbons (Fsp3) is 0.462. The predicted molar refractivity (Wildman–Crippen MR) is 68.9 cm³/mol. The van der Waals surface area contributed by atoms with Gasteiger partial charge in [0, 0.05) is 12.1 Å². The lowest BCUT2D eigenvalue weighted by Gasteiger charge is -2.28. The molecule has 0 heterocycles. The molecule has 7 heteroatoms. The summed E-state index contributed by atoms with van der Waals surface area (Å²) in [5.41, 5.74) is -0.385. The molecule has 1 fully saturated rings. The Morgan fingerprint density at radius 1 is 1.35 bits per heavy atom. The number of carboxylic acids is 1. The molecule has 0 aromatic heterocycles. The Bertz CT molecular complexity index is 530. The molecule has 0 aliphatic heterocycles. The highest BCUT2D eigenvalue weighted by Gasteiger charge is 2.28. The minimum absolute atomic E-state index is 0.0871. The first kappa shape index (κ1) is 14.3. The number of carboxylic acid groups (broad SMARTS) is 1. The molecule has 2 unspecified atom stereocenters. The number of rotatable bonds is 4. The van der Waals surface area contributed by atoms with Crippen molar-refractivity contribution < 1.29 is 24.7 Å². The number of ether oxygens (including phenoxy) is 1. The second-order valence-corrected chi connectivity index (χ2v) is 4.75. The van der Waals surface area contributed by atoms with Crippen molar-refractivity contribution >= 4 is 11.7 Å². The van der Waals surface area contributed by atoms with E-state index in [2.05, 4.69) is 0 Å². The maximum atomic E-state index is 10.9. The third-order valence-electron chi connectivity index (χ3n) is 3.35. The van der Waals surface area contributed by atoms with Crippen LogP contribution < -0.4 is 4.74 Å². The summed E-state index contributed by atoms with van der Waals surface area (Å²) in [7, 11) is 0. The molecule has 1 aliphatic carbocycles. The molecule has 0 radical (unpaired) electrons. The quantitative estimate of drug-likeness (QED) is 0.645. The minimum atomic E-state index is -1.19. The van der Waals surface area contributed by atoms with E-state index in [-0.39, 0.29) is 17.0 Å². The first-order chi connectivity index (χ1) is 9.49. The molecular formula is C13H15NO6. The zero-order chi connectivity index (χ0) is 14.7. The smallest absolute Gasteiger partial charge is 0.335 e. The molecule has 1 aromatic rings. The van der Waals surface area contributed by atoms with E-state index in [1.165, 1.54) is 0 Å². The van der Waals surface area contributed by atoms with Crippen LogP contribution in [-0.4, -0.2) is 33.3 Å². The van der Waals surface area contributed by atoms with Gasteiger partial charge in [0.05, 0.1) is 16.6 Å². The number of nitro benzene ring substituents is 1. The number of aromatic carboxylic acids is 1. The Morgan fingerprint density at radius 3 is 2.65 bits per heavy atom. The summed E-state index contributed by atoms with van der Waals surface area (Å²) in [5, 5.41) is 29.7. The third kappa shape index (κ3) is 3.05. The molecular weight excluding hydrogens is 266 g/mol. The van der Waals surface area contributed by atoms with Gasteiger partial charge < -0.3 is 14.9 Å². The summed E-state index contributed by atoms with van der Waals surface area (Å²) < 4.78 is 5.50. The zero-order valence-electron chi connectivity index (χ0n) is 10.7. The van der Waals surface area contributed by atoms with Crippen molar-refractivity contribution in [2.75, 3.05) is 0 Å². The van der Waals surface area contributed by atoms with Crippen LogP contribution >= 0.6 is 0 Å². The Balaban J connectivity index is 2.29. The number of carbonyl (C=O) groups is 1. The van der Waals surface area contributed by atoms with Crippen molar-refractivity contribution in [2.45, 2.75) is 37.9 Å². The average molecular weight is 281 g/mol. The Hall–Kier alpha value is -2.15. The Labute approximate surface area is 114 Å². The minimum Gasteiger partial charge on any atom is -0.481 e. The SMILES string of the molecule is O=C(O)c1ccc([N+](=O)[O-])c(OC2CCCCC2O)c1. The van der Waals surface area contributed by atoms with Gasteiger partial charge in [0.2, 0.25) is 0 Å². The second-order valence-electron chi connectivity index (χ2n) is 4.75. The van der Waals surface area contributed by atoms with E-state index >= 15 is 0 Å². The maximum absolute atomic E-state index is 10.9. The standard InChI is InChI=1S/C13H15NO6/c15-10-3-1-2-4-11(10)20-12-7-8(13(16)17)5-6-9(12)14(18)19/h5-7,10-11,15H,1-4H2,(H,16,17). The molecule has 0 spiro atoms. The van der Waals surface area contributed by atoms with Crippen molar-refractivity contribution in [3.63, 3.8) is 0 Å². The molecule has 0 saturated heterocycles. The van der Waals surface area contributed by atoms with Gasteiger partial charge in [-0.2, -0.15) is 0 Å². The molecule has 1 aromatic carbocycles. The molecule has 0 amide bonds. The molecule has 108 valence electrons. The van der Waals surface area contributed by atoms with Gasteiger partial charge in [0.25, 0.3) is 0 Å². The monoisotopic (exact) mass is 281 g/mol. The predicted octanol–water partition coefficient (Wildman–Crippen LogP) is 1.98. The van der Waals surface area contributed by atoms with Crippen LogP contribution in [0.4, 0.5) is 5.69 Å².